The Balaban J connectivity index is 1.18. The summed E-state index contributed by atoms with van der Waals surface area (Å²) in [4.78, 5) is 109. The zero-order valence-corrected chi connectivity index (χ0v) is 54.5. The van der Waals surface area contributed by atoms with Gasteiger partial charge in [-0.1, -0.05) is 34.6 Å². The fourth-order valence-electron chi connectivity index (χ4n) is 16.7. The van der Waals surface area contributed by atoms with E-state index in [0.717, 1.165) is 28.0 Å². The number of rotatable bonds is 26. The van der Waals surface area contributed by atoms with Crippen molar-refractivity contribution in [2.75, 3.05) is 13.2 Å². The van der Waals surface area contributed by atoms with E-state index in [-0.39, 0.29) is 76.7 Å². The lowest BCUT2D eigenvalue weighted by atomic mass is 9.56. The predicted molar refractivity (Wildman–Crippen MR) is 332 cm³/mol. The monoisotopic (exact) mass is 1280 g/mol. The van der Waals surface area contributed by atoms with E-state index in [4.69, 9.17) is 48.2 Å². The quantitative estimate of drug-likeness (QED) is 0.0596. The molecule has 7 amide bonds. The average molecular weight is 1280 g/mol. The number of imidazole rings is 1. The van der Waals surface area contributed by atoms with Gasteiger partial charge in [-0.25, -0.2) is 9.55 Å². The third kappa shape index (κ3) is 13.2. The first-order chi connectivity index (χ1) is 41.8. The van der Waals surface area contributed by atoms with Gasteiger partial charge in [0.15, 0.2) is 6.23 Å². The SMILES string of the molecule is C/C1=C2/N[C@H]([C@H](CC(N)=O)[C@@]2(C)CCC(=O)NC[C@H](C)OP(=O)(O)O[C@H]2[C@@H](O)[C@@H](n3cnc4cc(C)c(C)cc43)O[C@@H]2CO)[C@]2(C)NC(/C(C)=C3\NC(/C=C4\NC1[C@@H](CCC(N)=O)C4(C)C)[C@@H](CCC(N)=O)[C@]3(C)CC(N)=O)[C@@H](CCC(N)=O)[C@]2(C)CC(N)=O. The average Bonchev–Trinajstić information content (AvgIpc) is 1.53. The number of benzene rings is 1. The highest BCUT2D eigenvalue weighted by Gasteiger charge is 2.68. The lowest BCUT2D eigenvalue weighted by molar-refractivity contribution is -0.124. The summed E-state index contributed by atoms with van der Waals surface area (Å²) < 4.78 is 32.3. The minimum Gasteiger partial charge on any atom is -0.394 e. The Labute approximate surface area is 525 Å². The van der Waals surface area contributed by atoms with Crippen LogP contribution < -0.4 is 61.0 Å². The van der Waals surface area contributed by atoms with Crippen molar-refractivity contribution in [1.82, 2.24) is 36.1 Å². The number of ether oxygens (including phenoxy) is 1. The molecule has 6 aliphatic heterocycles. The molecule has 0 saturated carbocycles. The van der Waals surface area contributed by atoms with Crippen LogP contribution in [0.15, 0.2) is 52.8 Å². The van der Waals surface area contributed by atoms with Crippen molar-refractivity contribution in [1.29, 1.82) is 0 Å². The van der Waals surface area contributed by atoms with Crippen LogP contribution in [0.2, 0.25) is 0 Å². The topological polar surface area (TPSA) is 459 Å². The van der Waals surface area contributed by atoms with Crippen molar-refractivity contribution >= 4 is 60.2 Å². The molecule has 18 atom stereocenters. The molecule has 6 aliphatic rings. The number of aromatic nitrogens is 2. The third-order valence-corrected chi connectivity index (χ3v) is 22.8. The summed E-state index contributed by atoms with van der Waals surface area (Å²) in [6, 6.07) is 1.17. The van der Waals surface area contributed by atoms with Crippen LogP contribution in [-0.2, 0) is 51.9 Å². The van der Waals surface area contributed by atoms with Gasteiger partial charge in [0, 0.05) is 120 Å². The van der Waals surface area contributed by atoms with Crippen molar-refractivity contribution in [2.45, 2.75) is 207 Å². The number of aliphatic hydroxyl groups excluding tert-OH is 2. The third-order valence-electron chi connectivity index (χ3n) is 21.7. The number of hydrogen-bond donors (Lipinski definition) is 14. The first kappa shape index (κ1) is 69.4. The van der Waals surface area contributed by atoms with Crippen molar-refractivity contribution < 1.29 is 67.0 Å². The molecule has 4 unspecified atom stereocenters. The Hall–Kier alpha value is -6.45. The molecule has 8 rings (SSSR count). The summed E-state index contributed by atoms with van der Waals surface area (Å²) in [7, 11) is -5.05. The number of aryl methyl sites for hydroxylation is 2. The number of aliphatic hydroxyl groups is 2. The van der Waals surface area contributed by atoms with Crippen molar-refractivity contribution in [3.8, 4) is 0 Å². The van der Waals surface area contributed by atoms with Gasteiger partial charge in [-0.05, 0) is 125 Å². The van der Waals surface area contributed by atoms with Gasteiger partial charge >= 0.3 is 7.82 Å². The number of phosphoric ester groups is 1. The molecule has 90 heavy (non-hydrogen) atoms. The van der Waals surface area contributed by atoms with E-state index in [1.807, 2.05) is 67.5 Å². The molecular formula is C62H96N13O14P. The molecule has 27 nitrogen and oxygen atoms in total. The highest BCUT2D eigenvalue weighted by molar-refractivity contribution is 7.47. The van der Waals surface area contributed by atoms with Crippen LogP contribution in [0.3, 0.4) is 0 Å². The lowest BCUT2D eigenvalue weighted by Crippen LogP contribution is -2.64. The summed E-state index contributed by atoms with van der Waals surface area (Å²) in [6.07, 6.45) is -3.15. The number of phosphoric acid groups is 1. The molecule has 0 spiro atoms. The van der Waals surface area contributed by atoms with Gasteiger partial charge in [0.05, 0.1) is 36.1 Å². The standard InChI is InChI=1S/C62H96N13O14P/c1-29-20-39-40(21-30(29)2)75(28-70-39)57-52(84)53(41(27-76)87-57)89-90(85,86)88-31(3)26-69-49(83)18-19-59(8)37(22-46(66)80)56-62(11)61(10,25-48(68)82)36(14-17-45(65)79)51(74-62)33(5)55-60(9,24-47(67)81)34(12-15-43(63)77)38(71-55)23-42-58(6,7)35(13-16-44(64)78)50(72-42)32(4)54(59)73-56/h20-21,23,28,31,34-38,41,50-53,56-57,71-74,76,84H,12-19,22,24-27H2,1-11H3,(H2,63,77)(H2,64,78)(H2,65,79)(H2,66,80)(H2,67,81)(H2,68,82)(H,69,83)(H,85,86)/b42-23-,54-32-,55-33-/t31-,34+,35+,36+,37-,38?,41+,50?,51?,52+,53+,56+,57-,59+,60-,61-,62-/m0/s1. The molecule has 8 bridgehead atoms. The number of allylic oxidation sites excluding steroid dienone is 3. The maximum atomic E-state index is 14.4. The Kier molecular flexibility index (Phi) is 20.0. The molecule has 1 aromatic carbocycles. The highest BCUT2D eigenvalue weighted by atomic mass is 31.2. The van der Waals surface area contributed by atoms with Crippen LogP contribution in [0.4, 0.5) is 0 Å². The number of carbonyl (C=O) groups is 7. The van der Waals surface area contributed by atoms with E-state index in [0.29, 0.717) is 28.8 Å². The van der Waals surface area contributed by atoms with Crippen LogP contribution in [-0.4, -0.2) is 133 Å². The summed E-state index contributed by atoms with van der Waals surface area (Å²) in [5, 5.41) is 40.2. The van der Waals surface area contributed by atoms with Gasteiger partial charge in [0.1, 0.15) is 18.3 Å². The zero-order chi connectivity index (χ0) is 66.7. The molecule has 5 saturated heterocycles. The number of nitrogens with zero attached hydrogens (tertiary/aromatic N) is 2. The van der Waals surface area contributed by atoms with E-state index in [1.165, 1.54) is 13.3 Å². The van der Waals surface area contributed by atoms with E-state index in [9.17, 15) is 53.2 Å². The van der Waals surface area contributed by atoms with E-state index >= 15 is 0 Å². The summed E-state index contributed by atoms with van der Waals surface area (Å²) in [5.41, 5.74) is 37.8. The van der Waals surface area contributed by atoms with Gasteiger partial charge in [0.25, 0.3) is 0 Å². The second-order valence-corrected chi connectivity index (χ2v) is 29.2. The first-order valence-electron chi connectivity index (χ1n) is 31.1. The van der Waals surface area contributed by atoms with Crippen LogP contribution in [0.25, 0.3) is 11.0 Å². The number of nitrogens with two attached hydrogens (primary N) is 6. The molecule has 498 valence electrons. The second-order valence-electron chi connectivity index (χ2n) is 27.9. The van der Waals surface area contributed by atoms with Gasteiger partial charge < -0.3 is 85.4 Å². The Morgan fingerprint density at radius 3 is 1.91 bits per heavy atom. The first-order valence-corrected chi connectivity index (χ1v) is 32.6. The Morgan fingerprint density at radius 2 is 1.32 bits per heavy atom. The number of primary amides is 6. The molecule has 0 radical (unpaired) electrons. The molecular weight excluding hydrogens is 1180 g/mol. The van der Waals surface area contributed by atoms with E-state index in [2.05, 4.69) is 51.5 Å². The fourth-order valence-corrected chi connectivity index (χ4v) is 17.8. The fraction of sp³-hybridized carbons (Fsp3) is 0.677. The van der Waals surface area contributed by atoms with Gasteiger partial charge in [-0.3, -0.25) is 42.6 Å². The van der Waals surface area contributed by atoms with Crippen molar-refractivity contribution in [2.24, 2.45) is 79.7 Å². The molecule has 1 aromatic heterocycles. The molecule has 20 N–H and O–H groups in total. The molecule has 28 heteroatoms. The number of nitrogens with one attached hydrogen (secondary N) is 5. The van der Waals surface area contributed by atoms with E-state index in [1.54, 1.807) is 4.57 Å². The second kappa shape index (κ2) is 25.9. The van der Waals surface area contributed by atoms with Gasteiger partial charge in [-0.15, -0.1) is 0 Å². The van der Waals surface area contributed by atoms with Crippen molar-refractivity contribution in [3.63, 3.8) is 0 Å². The Morgan fingerprint density at radius 1 is 0.744 bits per heavy atom. The van der Waals surface area contributed by atoms with Crippen LogP contribution in [0.5, 0.6) is 0 Å². The van der Waals surface area contributed by atoms with Crippen LogP contribution in [0, 0.1) is 59.2 Å². The number of amides is 7. The number of fused-ring (bicyclic) bond motifs is 10. The molecule has 0 aliphatic carbocycles. The maximum absolute atomic E-state index is 14.4. The minimum absolute atomic E-state index is 0.0183. The smallest absolute Gasteiger partial charge is 0.394 e. The summed E-state index contributed by atoms with van der Waals surface area (Å²) >= 11 is 0. The molecule has 2 aromatic rings. The van der Waals surface area contributed by atoms with Crippen molar-refractivity contribution in [3.05, 3.63) is 63.9 Å². The zero-order valence-electron chi connectivity index (χ0n) is 53.6. The summed E-state index contributed by atoms with van der Waals surface area (Å²) in [6.45, 7) is 20.1. The highest BCUT2D eigenvalue weighted by Crippen LogP contribution is 2.62. The Bertz CT molecular complexity index is 3330. The predicted octanol–water partition coefficient (Wildman–Crippen LogP) is 1.71. The minimum atomic E-state index is -5.05. The lowest BCUT2D eigenvalue weighted by Gasteiger charge is -2.49. The van der Waals surface area contributed by atoms with Gasteiger partial charge in [0.2, 0.25) is 41.4 Å². The molecule has 7 heterocycles. The van der Waals surface area contributed by atoms with E-state index < -0.39 is 156 Å². The van der Waals surface area contributed by atoms with Crippen LogP contribution in [0.1, 0.15) is 150 Å². The number of carbonyl (C=O) groups excluding carboxylic acids is 7. The maximum Gasteiger partial charge on any atom is 0.472 e. The van der Waals surface area contributed by atoms with Gasteiger partial charge in [-0.2, -0.15) is 0 Å². The normalized spacial score (nSPS) is 36.7. The molecule has 5 fully saturated rings. The number of hydrogen-bond acceptors (Lipinski definition) is 18. The van der Waals surface area contributed by atoms with Crippen LogP contribution >= 0.6 is 7.82 Å². The summed E-state index contributed by atoms with van der Waals surface area (Å²) in [5.74, 6) is -6.20. The largest absolute Gasteiger partial charge is 0.472 e.